The molecule has 1 aromatic heterocycles. The summed E-state index contributed by atoms with van der Waals surface area (Å²) in [6.07, 6.45) is 4.61. The molecule has 2 aliphatic rings. The fourth-order valence-electron chi connectivity index (χ4n) is 5.53. The lowest BCUT2D eigenvalue weighted by molar-refractivity contribution is 0.0657. The van der Waals surface area contributed by atoms with Crippen molar-refractivity contribution in [3.63, 3.8) is 0 Å². The number of benzene rings is 2. The van der Waals surface area contributed by atoms with Crippen molar-refractivity contribution in [2.24, 2.45) is 0 Å². The zero-order valence-corrected chi connectivity index (χ0v) is 17.8. The fraction of sp³-hybridized carbons (Fsp3) is 0.480. The lowest BCUT2D eigenvalue weighted by Crippen LogP contribution is -2.48. The smallest absolute Gasteiger partial charge is 0.306 e. The summed E-state index contributed by atoms with van der Waals surface area (Å²) in [7, 11) is 0. The number of H-pyrrole nitrogens is 1. The molecule has 2 aromatic carbocycles. The van der Waals surface area contributed by atoms with Crippen molar-refractivity contribution in [2.75, 3.05) is 26.2 Å². The summed E-state index contributed by atoms with van der Waals surface area (Å²) < 4.78 is 2.00. The number of nitrogens with zero attached hydrogens (tertiary/aromatic N) is 3. The first-order valence-corrected chi connectivity index (χ1v) is 11.4. The maximum absolute atomic E-state index is 12.5. The normalized spacial score (nSPS) is 21.2. The van der Waals surface area contributed by atoms with E-state index in [1.54, 1.807) is 0 Å². The number of aromatic nitrogens is 2. The van der Waals surface area contributed by atoms with Crippen LogP contribution in [-0.2, 0) is 0 Å². The largest absolute Gasteiger partial charge is 0.326 e. The molecule has 2 saturated heterocycles. The second kappa shape index (κ2) is 8.40. The van der Waals surface area contributed by atoms with Crippen LogP contribution in [0.5, 0.6) is 0 Å². The van der Waals surface area contributed by atoms with Crippen molar-refractivity contribution in [1.82, 2.24) is 19.4 Å². The van der Waals surface area contributed by atoms with Gasteiger partial charge in [0.25, 0.3) is 0 Å². The van der Waals surface area contributed by atoms with Crippen LogP contribution in [0.15, 0.2) is 59.4 Å². The number of hydrogen-bond donors (Lipinski definition) is 1. The number of para-hydroxylation sites is 2. The van der Waals surface area contributed by atoms with E-state index in [4.69, 9.17) is 0 Å². The molecule has 0 unspecified atom stereocenters. The van der Waals surface area contributed by atoms with Crippen molar-refractivity contribution in [3.05, 3.63) is 70.6 Å². The quantitative estimate of drug-likeness (QED) is 0.709. The summed E-state index contributed by atoms with van der Waals surface area (Å²) in [5.74, 6) is 0. The SMILES string of the molecule is C[C@H](c1ccccc1)N1CCC(N2CCC(n3c(=O)[nH]c4ccccc43)CC2)CC1. The van der Waals surface area contributed by atoms with Crippen LogP contribution >= 0.6 is 0 Å². The molecule has 1 N–H and O–H groups in total. The van der Waals surface area contributed by atoms with Gasteiger partial charge in [-0.2, -0.15) is 0 Å². The Kier molecular flexibility index (Phi) is 5.48. The van der Waals surface area contributed by atoms with E-state index in [1.165, 1.54) is 31.5 Å². The molecule has 3 aromatic rings. The molecule has 158 valence electrons. The molecule has 30 heavy (non-hydrogen) atoms. The molecule has 2 aliphatic heterocycles. The van der Waals surface area contributed by atoms with Crippen molar-refractivity contribution in [2.45, 2.75) is 50.7 Å². The van der Waals surface area contributed by atoms with E-state index in [0.29, 0.717) is 18.1 Å². The topological polar surface area (TPSA) is 44.3 Å². The monoisotopic (exact) mass is 404 g/mol. The zero-order valence-electron chi connectivity index (χ0n) is 17.8. The predicted octanol–water partition coefficient (Wildman–Crippen LogP) is 4.19. The Morgan fingerprint density at radius 2 is 1.47 bits per heavy atom. The van der Waals surface area contributed by atoms with Crippen molar-refractivity contribution in [1.29, 1.82) is 0 Å². The standard InChI is InChI=1S/C25H32N4O/c1-19(20-7-3-2-4-8-20)27-15-11-21(12-16-27)28-17-13-22(14-18-28)29-24-10-6-5-9-23(24)26-25(29)30/h2-10,19,21-22H,11-18H2,1H3,(H,26,30)/t19-/m1/s1. The number of imidazole rings is 1. The maximum atomic E-state index is 12.5. The van der Waals surface area contributed by atoms with Crippen LogP contribution in [-0.4, -0.2) is 51.6 Å². The van der Waals surface area contributed by atoms with Crippen molar-refractivity contribution in [3.8, 4) is 0 Å². The van der Waals surface area contributed by atoms with Gasteiger partial charge in [0.15, 0.2) is 0 Å². The molecular weight excluding hydrogens is 372 g/mol. The average Bonchev–Trinajstić information content (AvgIpc) is 3.15. The van der Waals surface area contributed by atoms with Crippen LogP contribution in [0.4, 0.5) is 0 Å². The van der Waals surface area contributed by atoms with Gasteiger partial charge >= 0.3 is 5.69 Å². The molecule has 0 amide bonds. The number of hydrogen-bond acceptors (Lipinski definition) is 3. The molecule has 5 nitrogen and oxygen atoms in total. The van der Waals surface area contributed by atoms with Crippen LogP contribution < -0.4 is 5.69 Å². The van der Waals surface area contributed by atoms with Crippen molar-refractivity contribution >= 4 is 11.0 Å². The lowest BCUT2D eigenvalue weighted by atomic mass is 9.96. The number of nitrogens with one attached hydrogen (secondary N) is 1. The molecule has 0 radical (unpaired) electrons. The van der Waals surface area contributed by atoms with Crippen LogP contribution in [0.2, 0.25) is 0 Å². The maximum Gasteiger partial charge on any atom is 0.326 e. The number of piperidine rings is 2. The highest BCUT2D eigenvalue weighted by molar-refractivity contribution is 5.75. The summed E-state index contributed by atoms with van der Waals surface area (Å²) in [6, 6.07) is 20.4. The average molecular weight is 405 g/mol. The van der Waals surface area contributed by atoms with E-state index in [9.17, 15) is 4.79 Å². The minimum Gasteiger partial charge on any atom is -0.306 e. The second-order valence-electron chi connectivity index (χ2n) is 8.94. The van der Waals surface area contributed by atoms with E-state index < -0.39 is 0 Å². The Labute approximate surface area is 178 Å². The minimum atomic E-state index is 0.0397. The summed E-state index contributed by atoms with van der Waals surface area (Å²) in [5, 5.41) is 0. The first kappa shape index (κ1) is 19.6. The first-order chi connectivity index (χ1) is 14.7. The highest BCUT2D eigenvalue weighted by Gasteiger charge is 2.31. The summed E-state index contributed by atoms with van der Waals surface area (Å²) in [6.45, 7) is 6.86. The number of likely N-dealkylation sites (tertiary alicyclic amines) is 2. The fourth-order valence-corrected chi connectivity index (χ4v) is 5.53. The Morgan fingerprint density at radius 3 is 2.20 bits per heavy atom. The van der Waals surface area contributed by atoms with Crippen LogP contribution in [0.25, 0.3) is 11.0 Å². The molecule has 3 heterocycles. The molecule has 5 rings (SSSR count). The van der Waals surface area contributed by atoms with E-state index >= 15 is 0 Å². The zero-order chi connectivity index (χ0) is 20.5. The third kappa shape index (κ3) is 3.72. The summed E-state index contributed by atoms with van der Waals surface area (Å²) >= 11 is 0. The van der Waals surface area contributed by atoms with Gasteiger partial charge in [0.1, 0.15) is 0 Å². The van der Waals surface area contributed by atoms with Crippen LogP contribution in [0, 0.1) is 0 Å². The predicted molar refractivity (Wildman–Crippen MR) is 122 cm³/mol. The number of aromatic amines is 1. The molecule has 2 fully saturated rings. The highest BCUT2D eigenvalue weighted by Crippen LogP contribution is 2.30. The third-order valence-electron chi connectivity index (χ3n) is 7.33. The molecule has 0 spiro atoms. The minimum absolute atomic E-state index is 0.0397. The number of fused-ring (bicyclic) bond motifs is 1. The first-order valence-electron chi connectivity index (χ1n) is 11.4. The molecule has 0 aliphatic carbocycles. The Balaban J connectivity index is 1.18. The van der Waals surface area contributed by atoms with Gasteiger partial charge in [-0.05, 0) is 50.3 Å². The van der Waals surface area contributed by atoms with Gasteiger partial charge < -0.3 is 9.88 Å². The Morgan fingerprint density at radius 1 is 0.833 bits per heavy atom. The van der Waals surface area contributed by atoms with Gasteiger partial charge in [-0.25, -0.2) is 4.79 Å². The van der Waals surface area contributed by atoms with Gasteiger partial charge in [0.05, 0.1) is 11.0 Å². The second-order valence-corrected chi connectivity index (χ2v) is 8.94. The van der Waals surface area contributed by atoms with E-state index in [1.807, 2.05) is 22.8 Å². The Hall–Kier alpha value is -2.37. The van der Waals surface area contributed by atoms with E-state index in [2.05, 4.69) is 58.1 Å². The van der Waals surface area contributed by atoms with Gasteiger partial charge in [-0.1, -0.05) is 42.5 Å². The van der Waals surface area contributed by atoms with E-state index in [0.717, 1.165) is 37.0 Å². The highest BCUT2D eigenvalue weighted by atomic mass is 16.1. The molecular formula is C25H32N4O. The Bertz CT molecular complexity index is 1020. The van der Waals surface area contributed by atoms with Crippen LogP contribution in [0.1, 0.15) is 50.3 Å². The van der Waals surface area contributed by atoms with E-state index in [-0.39, 0.29) is 5.69 Å². The molecule has 0 bridgehead atoms. The van der Waals surface area contributed by atoms with Gasteiger partial charge in [0.2, 0.25) is 0 Å². The molecule has 0 saturated carbocycles. The summed E-state index contributed by atoms with van der Waals surface area (Å²) in [5.41, 5.74) is 3.45. The number of rotatable bonds is 4. The van der Waals surface area contributed by atoms with Gasteiger partial charge in [0, 0.05) is 44.3 Å². The van der Waals surface area contributed by atoms with Gasteiger partial charge in [-0.15, -0.1) is 0 Å². The third-order valence-corrected chi connectivity index (χ3v) is 7.33. The van der Waals surface area contributed by atoms with Crippen molar-refractivity contribution < 1.29 is 0 Å². The molecule has 1 atom stereocenters. The lowest BCUT2D eigenvalue weighted by Gasteiger charge is -2.43. The molecule has 5 heteroatoms. The van der Waals surface area contributed by atoms with Gasteiger partial charge in [-0.3, -0.25) is 9.47 Å². The summed E-state index contributed by atoms with van der Waals surface area (Å²) in [4.78, 5) is 20.9. The van der Waals surface area contributed by atoms with Crippen LogP contribution in [0.3, 0.4) is 0 Å².